The van der Waals surface area contributed by atoms with Crippen molar-refractivity contribution in [3.05, 3.63) is 23.8 Å². The van der Waals surface area contributed by atoms with Gasteiger partial charge in [0.1, 0.15) is 0 Å². The van der Waals surface area contributed by atoms with E-state index in [2.05, 4.69) is 0 Å². The molecule has 2 rings (SSSR count). The van der Waals surface area contributed by atoms with Crippen LogP contribution < -0.4 is 9.47 Å². The molecule has 1 heterocycles. The van der Waals surface area contributed by atoms with Gasteiger partial charge in [0.25, 0.3) is 0 Å². The molecule has 0 radical (unpaired) electrons. The zero-order chi connectivity index (χ0) is 11.8. The number of alkyl halides is 4. The highest BCUT2D eigenvalue weighted by Gasteiger charge is 2.32. The molecule has 1 unspecified atom stereocenters. The summed E-state index contributed by atoms with van der Waals surface area (Å²) in [7, 11) is 0. The van der Waals surface area contributed by atoms with Crippen LogP contribution in [0.3, 0.4) is 0 Å². The van der Waals surface area contributed by atoms with E-state index in [9.17, 15) is 13.2 Å². The molecule has 0 aromatic heterocycles. The van der Waals surface area contributed by atoms with E-state index in [4.69, 9.17) is 21.1 Å². The Kier molecular flexibility index (Phi) is 2.88. The number of hydrogen-bond donors (Lipinski definition) is 0. The summed E-state index contributed by atoms with van der Waals surface area (Å²) in [5.74, 6) is 0.963. The van der Waals surface area contributed by atoms with Gasteiger partial charge in [-0.25, -0.2) is 0 Å². The van der Waals surface area contributed by atoms with Crippen LogP contribution in [-0.4, -0.2) is 13.0 Å². The molecule has 0 fully saturated rings. The summed E-state index contributed by atoms with van der Waals surface area (Å²) < 4.78 is 46.5. The first-order valence-electron chi connectivity index (χ1n) is 4.56. The Morgan fingerprint density at radius 3 is 2.62 bits per heavy atom. The Morgan fingerprint density at radius 1 is 1.25 bits per heavy atom. The summed E-state index contributed by atoms with van der Waals surface area (Å²) >= 11 is 5.68. The largest absolute Gasteiger partial charge is 0.454 e. The standard InChI is InChI=1S/C10H8ClF3O2/c11-7(4-10(12,13)14)6-1-2-8-9(3-6)16-5-15-8/h1-3,7H,4-5H2. The lowest BCUT2D eigenvalue weighted by atomic mass is 10.1. The maximum absolute atomic E-state index is 12.1. The summed E-state index contributed by atoms with van der Waals surface area (Å²) in [6.07, 6.45) is -5.34. The van der Waals surface area contributed by atoms with Crippen LogP contribution in [0.15, 0.2) is 18.2 Å². The van der Waals surface area contributed by atoms with Crippen molar-refractivity contribution >= 4 is 11.6 Å². The topological polar surface area (TPSA) is 18.5 Å². The molecule has 0 spiro atoms. The highest BCUT2D eigenvalue weighted by Crippen LogP contribution is 2.39. The molecule has 88 valence electrons. The summed E-state index contributed by atoms with van der Waals surface area (Å²) in [4.78, 5) is 0. The van der Waals surface area contributed by atoms with Gasteiger partial charge in [0.2, 0.25) is 6.79 Å². The van der Waals surface area contributed by atoms with Gasteiger partial charge in [0.15, 0.2) is 11.5 Å². The van der Waals surface area contributed by atoms with Crippen LogP contribution in [0.5, 0.6) is 11.5 Å². The predicted molar refractivity (Wildman–Crippen MR) is 51.8 cm³/mol. The lowest BCUT2D eigenvalue weighted by molar-refractivity contribution is -0.134. The first-order valence-corrected chi connectivity index (χ1v) is 5.00. The van der Waals surface area contributed by atoms with Crippen molar-refractivity contribution in [1.29, 1.82) is 0 Å². The maximum atomic E-state index is 12.1. The highest BCUT2D eigenvalue weighted by molar-refractivity contribution is 6.20. The number of fused-ring (bicyclic) bond motifs is 1. The molecule has 0 amide bonds. The van der Waals surface area contributed by atoms with Crippen LogP contribution >= 0.6 is 11.6 Å². The Hall–Kier alpha value is -1.10. The monoisotopic (exact) mass is 252 g/mol. The summed E-state index contributed by atoms with van der Waals surface area (Å²) in [6.45, 7) is 0.0883. The van der Waals surface area contributed by atoms with E-state index in [0.29, 0.717) is 17.1 Å². The third-order valence-electron chi connectivity index (χ3n) is 2.17. The van der Waals surface area contributed by atoms with Crippen LogP contribution in [0, 0.1) is 0 Å². The molecule has 2 nitrogen and oxygen atoms in total. The molecule has 1 aromatic rings. The minimum absolute atomic E-state index is 0.0883. The second kappa shape index (κ2) is 4.05. The van der Waals surface area contributed by atoms with Crippen molar-refractivity contribution in [2.75, 3.05) is 6.79 Å². The average molecular weight is 253 g/mol. The van der Waals surface area contributed by atoms with Crippen molar-refractivity contribution in [3.63, 3.8) is 0 Å². The van der Waals surface area contributed by atoms with E-state index in [1.54, 1.807) is 6.07 Å². The van der Waals surface area contributed by atoms with Crippen molar-refractivity contribution in [2.45, 2.75) is 18.0 Å². The minimum Gasteiger partial charge on any atom is -0.454 e. The first-order chi connectivity index (χ1) is 7.46. The summed E-state index contributed by atoms with van der Waals surface area (Å²) in [6, 6.07) is 4.55. The fourth-order valence-electron chi connectivity index (χ4n) is 1.43. The first kappa shape index (κ1) is 11.4. The van der Waals surface area contributed by atoms with Gasteiger partial charge in [-0.05, 0) is 17.7 Å². The second-order valence-electron chi connectivity index (χ2n) is 3.40. The van der Waals surface area contributed by atoms with E-state index in [1.165, 1.54) is 12.1 Å². The SMILES string of the molecule is FC(F)(F)CC(Cl)c1ccc2c(c1)OCO2. The number of halogens is 4. The van der Waals surface area contributed by atoms with Crippen LogP contribution in [0.1, 0.15) is 17.4 Å². The van der Waals surface area contributed by atoms with Crippen molar-refractivity contribution in [3.8, 4) is 11.5 Å². The van der Waals surface area contributed by atoms with Gasteiger partial charge in [-0.3, -0.25) is 0 Å². The van der Waals surface area contributed by atoms with E-state index in [0.717, 1.165) is 0 Å². The molecular weight excluding hydrogens is 245 g/mol. The van der Waals surface area contributed by atoms with Crippen LogP contribution in [0.25, 0.3) is 0 Å². The third kappa shape index (κ3) is 2.52. The maximum Gasteiger partial charge on any atom is 0.390 e. The van der Waals surface area contributed by atoms with Crippen molar-refractivity contribution in [2.24, 2.45) is 0 Å². The molecule has 16 heavy (non-hydrogen) atoms. The summed E-state index contributed by atoms with van der Waals surface area (Å²) in [5.41, 5.74) is 0.378. The molecule has 1 aliphatic rings. The Balaban J connectivity index is 2.15. The molecule has 6 heteroatoms. The lowest BCUT2D eigenvalue weighted by Gasteiger charge is -2.12. The molecule has 0 N–H and O–H groups in total. The molecule has 1 atom stereocenters. The number of ether oxygens (including phenoxy) is 2. The highest BCUT2D eigenvalue weighted by atomic mass is 35.5. The molecule has 0 saturated carbocycles. The normalized spacial score (nSPS) is 16.2. The van der Waals surface area contributed by atoms with Gasteiger partial charge in [0, 0.05) is 0 Å². The molecular formula is C10H8ClF3O2. The van der Waals surface area contributed by atoms with Crippen molar-refractivity contribution in [1.82, 2.24) is 0 Å². The number of hydrogen-bond acceptors (Lipinski definition) is 2. The molecule has 1 aromatic carbocycles. The zero-order valence-electron chi connectivity index (χ0n) is 8.05. The van der Waals surface area contributed by atoms with Gasteiger partial charge in [-0.2, -0.15) is 13.2 Å². The van der Waals surface area contributed by atoms with E-state index in [1.807, 2.05) is 0 Å². The van der Waals surface area contributed by atoms with Crippen LogP contribution in [-0.2, 0) is 0 Å². The van der Waals surface area contributed by atoms with Gasteiger partial charge >= 0.3 is 6.18 Å². The van der Waals surface area contributed by atoms with E-state index >= 15 is 0 Å². The third-order valence-corrected chi connectivity index (χ3v) is 2.58. The van der Waals surface area contributed by atoms with E-state index in [-0.39, 0.29) is 6.79 Å². The van der Waals surface area contributed by atoms with Gasteiger partial charge in [-0.1, -0.05) is 6.07 Å². The Labute approximate surface area is 94.9 Å². The fourth-order valence-corrected chi connectivity index (χ4v) is 1.74. The number of rotatable bonds is 2. The van der Waals surface area contributed by atoms with Gasteiger partial charge in [-0.15, -0.1) is 11.6 Å². The quantitative estimate of drug-likeness (QED) is 0.748. The average Bonchev–Trinajstić information content (AvgIpc) is 2.61. The smallest absolute Gasteiger partial charge is 0.390 e. The van der Waals surface area contributed by atoms with Crippen LogP contribution in [0.4, 0.5) is 13.2 Å². The van der Waals surface area contributed by atoms with Crippen molar-refractivity contribution < 1.29 is 22.6 Å². The Bertz CT molecular complexity index is 392. The van der Waals surface area contributed by atoms with Gasteiger partial charge in [0.05, 0.1) is 11.8 Å². The Morgan fingerprint density at radius 2 is 1.94 bits per heavy atom. The molecule has 0 aliphatic carbocycles. The molecule has 0 bridgehead atoms. The van der Waals surface area contributed by atoms with Crippen LogP contribution in [0.2, 0.25) is 0 Å². The lowest BCUT2D eigenvalue weighted by Crippen LogP contribution is -2.10. The minimum atomic E-state index is -4.28. The molecule has 0 saturated heterocycles. The predicted octanol–water partition coefficient (Wildman–Crippen LogP) is 3.65. The number of benzene rings is 1. The van der Waals surface area contributed by atoms with Gasteiger partial charge < -0.3 is 9.47 Å². The molecule has 1 aliphatic heterocycles. The summed E-state index contributed by atoms with van der Waals surface area (Å²) in [5, 5.41) is -1.10. The second-order valence-corrected chi connectivity index (χ2v) is 3.93. The fraction of sp³-hybridized carbons (Fsp3) is 0.400. The zero-order valence-corrected chi connectivity index (χ0v) is 8.81. The van der Waals surface area contributed by atoms with E-state index < -0.39 is 18.0 Å².